The van der Waals surface area contributed by atoms with Gasteiger partial charge in [-0.3, -0.25) is 62.3 Å². The number of aromatic hydroxyl groups is 1. The summed E-state index contributed by atoms with van der Waals surface area (Å²) in [7, 11) is 0. The van der Waals surface area contributed by atoms with Gasteiger partial charge in [0.15, 0.2) is 0 Å². The minimum Gasteiger partial charge on any atom is -0.508 e. The van der Waals surface area contributed by atoms with Crippen LogP contribution in [0.2, 0.25) is 0 Å². The van der Waals surface area contributed by atoms with E-state index in [-0.39, 0.29) is 12.2 Å². The number of aliphatic carboxylic acids is 7. The van der Waals surface area contributed by atoms with E-state index in [1.807, 2.05) is 10.6 Å². The maximum atomic E-state index is 14.7. The minimum atomic E-state index is -2.22. The number of carbonyl (C=O) groups excluding carboxylic acids is 7. The molecule has 1 aromatic carbocycles. The van der Waals surface area contributed by atoms with Crippen LogP contribution in [0.3, 0.4) is 0 Å². The smallest absolute Gasteiger partial charge is 0.326 e. The first-order valence-corrected chi connectivity index (χ1v) is 22.7. The van der Waals surface area contributed by atoms with Gasteiger partial charge in [-0.2, -0.15) is 0 Å². The topological polar surface area (TPSA) is 511 Å². The minimum absolute atomic E-state index is 0.112. The SMILES string of the molecule is CC(C)[C@H](NC(=O)[C@H](CCC(=O)O)NC(=O)[C@H](CCC(=O)O)NC(=O)[C@@]1(NC(=O)[C@H](CCC(=O)O)NC(=O)[C@H](CC(=O)O)NC(=O)[C@H](CC(=O)O)NC(=O)[C@@H](N)CCC(=O)O)CCc2cc(O)ccc2C1)C(=O)O. The molecule has 74 heavy (non-hydrogen) atoms. The summed E-state index contributed by atoms with van der Waals surface area (Å²) in [4.78, 5) is 178. The standard InChI is InChI=1S/C44H60N8O22/c1-19(2)35(42(72)73)51-38(68)24(6-10-30(56)57)46-37(67)25(7-11-31(58)59)50-43(74)44(14-13-20-15-22(53)4-3-21(20)18-44)52-41(71)26(8-12-32(60)61)47-39(69)28(17-34(64)65)49-40(70)27(16-33(62)63)48-36(66)23(45)5-9-29(54)55/h3-4,15,19,23-28,35,53H,5-14,16-18,45H2,1-2H3,(H,46,67)(H,47,69)(H,48,66)(H,49,70)(H,50,74)(H,51,68)(H,52,71)(H,54,55)(H,56,57)(H,58,59)(H,60,61)(H,62,63)(H,64,65)(H,72,73)/t23-,24-,25-,26-,27-,28-,35-,44+/m0/s1. The summed E-state index contributed by atoms with van der Waals surface area (Å²) < 4.78 is 0. The van der Waals surface area contributed by atoms with Crippen LogP contribution in [0.4, 0.5) is 0 Å². The van der Waals surface area contributed by atoms with Crippen molar-refractivity contribution in [2.24, 2.45) is 11.7 Å². The summed E-state index contributed by atoms with van der Waals surface area (Å²) in [6.45, 7) is 2.89. The lowest BCUT2D eigenvalue weighted by Gasteiger charge is -2.39. The maximum Gasteiger partial charge on any atom is 0.326 e. The highest BCUT2D eigenvalue weighted by Crippen LogP contribution is 2.32. The highest BCUT2D eigenvalue weighted by molar-refractivity contribution is 6.00. The van der Waals surface area contributed by atoms with Gasteiger partial charge in [-0.25, -0.2) is 4.79 Å². The second kappa shape index (κ2) is 28.6. The van der Waals surface area contributed by atoms with Gasteiger partial charge in [-0.05, 0) is 67.7 Å². The number of phenolic OH excluding ortho intramolecular Hbond substituents is 1. The Hall–Kier alpha value is -8.44. The number of carbonyl (C=O) groups is 14. The summed E-state index contributed by atoms with van der Waals surface area (Å²) >= 11 is 0. The van der Waals surface area contributed by atoms with E-state index in [1.54, 1.807) is 0 Å². The summed E-state index contributed by atoms with van der Waals surface area (Å²) in [5.74, 6) is -20.8. The van der Waals surface area contributed by atoms with Crippen molar-refractivity contribution in [1.29, 1.82) is 0 Å². The molecule has 30 heteroatoms. The Balaban J connectivity index is 2.62. The molecule has 1 aromatic rings. The molecule has 0 fully saturated rings. The first kappa shape index (κ1) is 61.7. The summed E-state index contributed by atoms with van der Waals surface area (Å²) in [6.07, 6.45) is -9.06. The third-order valence-corrected chi connectivity index (χ3v) is 11.4. The summed E-state index contributed by atoms with van der Waals surface area (Å²) in [5.41, 5.74) is 4.20. The van der Waals surface area contributed by atoms with Crippen molar-refractivity contribution in [1.82, 2.24) is 37.2 Å². The highest BCUT2D eigenvalue weighted by Gasteiger charge is 2.46. The summed E-state index contributed by atoms with van der Waals surface area (Å²) in [6, 6.07) is -9.09. The highest BCUT2D eigenvalue weighted by atomic mass is 16.4. The van der Waals surface area contributed by atoms with Crippen LogP contribution in [0.5, 0.6) is 5.75 Å². The third kappa shape index (κ3) is 20.4. The average molecular weight is 1050 g/mol. The van der Waals surface area contributed by atoms with Gasteiger partial charge in [0, 0.05) is 32.1 Å². The fourth-order valence-corrected chi connectivity index (χ4v) is 7.41. The Bertz CT molecular complexity index is 2340. The zero-order valence-electron chi connectivity index (χ0n) is 39.9. The predicted octanol–water partition coefficient (Wildman–Crippen LogP) is -3.88. The number of nitrogens with one attached hydrogen (secondary N) is 7. The summed E-state index contributed by atoms with van der Waals surface area (Å²) in [5, 5.41) is 91.5. The molecule has 0 aromatic heterocycles. The second-order valence-electron chi connectivity index (χ2n) is 17.6. The van der Waals surface area contributed by atoms with E-state index in [2.05, 4.69) is 26.6 Å². The molecule has 17 N–H and O–H groups in total. The molecular weight excluding hydrogens is 993 g/mol. The number of hydrogen-bond acceptors (Lipinski definition) is 16. The van der Waals surface area contributed by atoms with Crippen molar-refractivity contribution >= 4 is 83.1 Å². The van der Waals surface area contributed by atoms with Crippen LogP contribution in [-0.4, -0.2) is 172 Å². The number of amides is 7. The Morgan fingerprint density at radius 3 is 1.36 bits per heavy atom. The average Bonchev–Trinajstić information content (AvgIpc) is 3.29. The van der Waals surface area contributed by atoms with Gasteiger partial charge in [-0.1, -0.05) is 19.9 Å². The lowest BCUT2D eigenvalue weighted by molar-refractivity contribution is -0.144. The first-order chi connectivity index (χ1) is 34.4. The van der Waals surface area contributed by atoms with Crippen molar-refractivity contribution in [3.8, 4) is 5.75 Å². The fourth-order valence-electron chi connectivity index (χ4n) is 7.41. The van der Waals surface area contributed by atoms with Crippen LogP contribution in [-0.2, 0) is 80.0 Å². The molecule has 0 spiro atoms. The Morgan fingerprint density at radius 1 is 0.514 bits per heavy atom. The van der Waals surface area contributed by atoms with Gasteiger partial charge in [0.1, 0.15) is 47.5 Å². The number of carboxylic acids is 7. The van der Waals surface area contributed by atoms with E-state index >= 15 is 0 Å². The van der Waals surface area contributed by atoms with Gasteiger partial charge in [0.25, 0.3) is 0 Å². The van der Waals surface area contributed by atoms with Crippen molar-refractivity contribution in [3.63, 3.8) is 0 Å². The van der Waals surface area contributed by atoms with Gasteiger partial charge >= 0.3 is 41.8 Å². The van der Waals surface area contributed by atoms with E-state index in [0.29, 0.717) is 11.1 Å². The van der Waals surface area contributed by atoms with Crippen LogP contribution in [0.25, 0.3) is 0 Å². The number of carboxylic acid groups (broad SMARTS) is 7. The maximum absolute atomic E-state index is 14.7. The van der Waals surface area contributed by atoms with Crippen LogP contribution >= 0.6 is 0 Å². The van der Waals surface area contributed by atoms with Gasteiger partial charge < -0.3 is 83.8 Å². The Morgan fingerprint density at radius 2 is 0.919 bits per heavy atom. The normalized spacial score (nSPS) is 16.6. The molecule has 1 aliphatic carbocycles. The van der Waals surface area contributed by atoms with Crippen LogP contribution in [0, 0.1) is 5.92 Å². The van der Waals surface area contributed by atoms with E-state index in [4.69, 9.17) is 10.8 Å². The molecule has 30 nitrogen and oxygen atoms in total. The molecule has 2 rings (SSSR count). The fraction of sp³-hybridized carbons (Fsp3) is 0.545. The van der Waals surface area contributed by atoms with E-state index < -0.39 is 214 Å². The Labute approximate surface area is 419 Å². The largest absolute Gasteiger partial charge is 0.508 e. The molecule has 0 radical (unpaired) electrons. The molecule has 7 amide bonds. The molecule has 8 atom stereocenters. The van der Waals surface area contributed by atoms with E-state index in [1.165, 1.54) is 32.0 Å². The predicted molar refractivity (Wildman–Crippen MR) is 245 cm³/mol. The van der Waals surface area contributed by atoms with Crippen LogP contribution < -0.4 is 43.0 Å². The van der Waals surface area contributed by atoms with E-state index in [0.717, 1.165) is 0 Å². The van der Waals surface area contributed by atoms with Gasteiger partial charge in [0.05, 0.1) is 18.9 Å². The molecule has 0 heterocycles. The number of aryl methyl sites for hydroxylation is 1. The number of fused-ring (bicyclic) bond motifs is 1. The molecule has 408 valence electrons. The molecule has 0 saturated carbocycles. The van der Waals surface area contributed by atoms with Gasteiger partial charge in [0.2, 0.25) is 41.4 Å². The van der Waals surface area contributed by atoms with Crippen LogP contribution in [0.15, 0.2) is 18.2 Å². The lowest BCUT2D eigenvalue weighted by Crippen LogP contribution is -2.67. The molecule has 0 unspecified atom stereocenters. The van der Waals surface area contributed by atoms with Crippen molar-refractivity contribution < 1.29 is 108 Å². The second-order valence-corrected chi connectivity index (χ2v) is 17.6. The Kier molecular flexibility index (Phi) is 23.8. The van der Waals surface area contributed by atoms with Crippen molar-refractivity contribution in [2.75, 3.05) is 0 Å². The molecule has 0 aliphatic heterocycles. The van der Waals surface area contributed by atoms with Gasteiger partial charge in [-0.15, -0.1) is 0 Å². The zero-order chi connectivity index (χ0) is 56.2. The number of phenols is 1. The number of rotatable bonds is 32. The molecule has 1 aliphatic rings. The number of benzene rings is 1. The molecule has 0 bridgehead atoms. The number of nitrogens with two attached hydrogens (primary N) is 1. The van der Waals surface area contributed by atoms with E-state index in [9.17, 15) is 103 Å². The quantitative estimate of drug-likeness (QED) is 0.0328. The first-order valence-electron chi connectivity index (χ1n) is 22.7. The van der Waals surface area contributed by atoms with Crippen molar-refractivity contribution in [3.05, 3.63) is 29.3 Å². The number of hydrogen-bond donors (Lipinski definition) is 16. The lowest BCUT2D eigenvalue weighted by atomic mass is 9.76. The third-order valence-electron chi connectivity index (χ3n) is 11.4. The van der Waals surface area contributed by atoms with Crippen molar-refractivity contribution in [2.45, 2.75) is 145 Å². The monoisotopic (exact) mass is 1050 g/mol. The zero-order valence-corrected chi connectivity index (χ0v) is 39.9. The van der Waals surface area contributed by atoms with Crippen LogP contribution in [0.1, 0.15) is 95.6 Å². The molecular formula is C44H60N8O22. The molecule has 0 saturated heterocycles.